The second-order valence-corrected chi connectivity index (χ2v) is 9.48. The van der Waals surface area contributed by atoms with E-state index >= 15 is 0 Å². The predicted molar refractivity (Wildman–Crippen MR) is 141 cm³/mol. The number of hydrogen-bond donors (Lipinski definition) is 2. The standard InChI is InChI=1S/C28H22ClN5O2/c1-16-12-18-4-2-3-5-24(18)34(16)27(36)17-6-9-21(10-7-17)31-28-30-15-19-13-25(35)32-23-14-20(29)8-11-22(23)26(19)33-28/h2-11,14-16H,12-13H2,1H3,(H,32,35)(H,30,31,33). The molecule has 0 saturated carbocycles. The fourth-order valence-corrected chi connectivity index (χ4v) is 5.03. The van der Waals surface area contributed by atoms with Gasteiger partial charge in [-0.15, -0.1) is 0 Å². The Kier molecular flexibility index (Phi) is 5.42. The van der Waals surface area contributed by atoms with Gasteiger partial charge in [0.15, 0.2) is 0 Å². The van der Waals surface area contributed by atoms with Crippen molar-refractivity contribution in [1.82, 2.24) is 9.97 Å². The summed E-state index contributed by atoms with van der Waals surface area (Å²) >= 11 is 6.13. The van der Waals surface area contributed by atoms with Crippen LogP contribution in [-0.4, -0.2) is 27.8 Å². The maximum atomic E-state index is 13.3. The van der Waals surface area contributed by atoms with Gasteiger partial charge in [-0.2, -0.15) is 0 Å². The van der Waals surface area contributed by atoms with Crippen molar-refractivity contribution in [2.75, 3.05) is 15.5 Å². The number of anilines is 4. The van der Waals surface area contributed by atoms with Crippen LogP contribution in [0.2, 0.25) is 5.02 Å². The lowest BCUT2D eigenvalue weighted by molar-refractivity contribution is -0.115. The number of hydrogen-bond acceptors (Lipinski definition) is 5. The Morgan fingerprint density at radius 1 is 1.08 bits per heavy atom. The molecule has 1 atom stereocenters. The van der Waals surface area contributed by atoms with Crippen molar-refractivity contribution in [2.24, 2.45) is 0 Å². The van der Waals surface area contributed by atoms with Crippen LogP contribution in [0.15, 0.2) is 72.9 Å². The van der Waals surface area contributed by atoms with E-state index in [9.17, 15) is 9.59 Å². The van der Waals surface area contributed by atoms with E-state index in [1.165, 1.54) is 5.56 Å². The van der Waals surface area contributed by atoms with Crippen molar-refractivity contribution in [1.29, 1.82) is 0 Å². The number of carbonyl (C=O) groups is 2. The first-order chi connectivity index (χ1) is 17.5. The third kappa shape index (κ3) is 3.97. The average molecular weight is 496 g/mol. The van der Waals surface area contributed by atoms with Crippen LogP contribution in [-0.2, 0) is 17.6 Å². The van der Waals surface area contributed by atoms with Crippen molar-refractivity contribution < 1.29 is 9.59 Å². The first-order valence-electron chi connectivity index (χ1n) is 11.7. The molecular weight excluding hydrogens is 474 g/mol. The molecule has 2 aliphatic rings. The summed E-state index contributed by atoms with van der Waals surface area (Å²) in [7, 11) is 0. The molecule has 6 rings (SSSR count). The number of aromatic nitrogens is 2. The van der Waals surface area contributed by atoms with Gasteiger partial charge in [0.2, 0.25) is 11.9 Å². The molecule has 1 aromatic heterocycles. The van der Waals surface area contributed by atoms with Crippen LogP contribution in [0.3, 0.4) is 0 Å². The fraction of sp³-hybridized carbons (Fsp3) is 0.143. The second kappa shape index (κ2) is 8.77. The first kappa shape index (κ1) is 22.2. The molecule has 3 aromatic carbocycles. The molecule has 178 valence electrons. The average Bonchev–Trinajstić information content (AvgIpc) is 3.13. The molecule has 2 aliphatic heterocycles. The van der Waals surface area contributed by atoms with Crippen molar-refractivity contribution >= 4 is 46.4 Å². The van der Waals surface area contributed by atoms with Gasteiger partial charge in [-0.3, -0.25) is 9.59 Å². The molecule has 0 fully saturated rings. The van der Waals surface area contributed by atoms with Gasteiger partial charge in [0.25, 0.3) is 5.91 Å². The largest absolute Gasteiger partial charge is 0.325 e. The summed E-state index contributed by atoms with van der Waals surface area (Å²) < 4.78 is 0. The van der Waals surface area contributed by atoms with Gasteiger partial charge in [-0.1, -0.05) is 29.8 Å². The fourth-order valence-electron chi connectivity index (χ4n) is 4.86. The molecule has 3 heterocycles. The highest BCUT2D eigenvalue weighted by molar-refractivity contribution is 6.31. The molecule has 0 radical (unpaired) electrons. The summed E-state index contributed by atoms with van der Waals surface area (Å²) in [5, 5.41) is 6.62. The van der Waals surface area contributed by atoms with Crippen LogP contribution in [0.1, 0.15) is 28.4 Å². The van der Waals surface area contributed by atoms with Crippen molar-refractivity contribution in [3.05, 3.63) is 94.6 Å². The first-order valence-corrected chi connectivity index (χ1v) is 12.1. The van der Waals surface area contributed by atoms with Crippen LogP contribution >= 0.6 is 11.6 Å². The molecule has 0 aliphatic carbocycles. The summed E-state index contributed by atoms with van der Waals surface area (Å²) in [6.07, 6.45) is 2.70. The highest BCUT2D eigenvalue weighted by atomic mass is 35.5. The second-order valence-electron chi connectivity index (χ2n) is 9.04. The molecule has 2 N–H and O–H groups in total. The van der Waals surface area contributed by atoms with Gasteiger partial charge in [0.05, 0.1) is 17.8 Å². The maximum absolute atomic E-state index is 13.3. The van der Waals surface area contributed by atoms with E-state index < -0.39 is 0 Å². The quantitative estimate of drug-likeness (QED) is 0.385. The number of fused-ring (bicyclic) bond motifs is 4. The molecule has 36 heavy (non-hydrogen) atoms. The lowest BCUT2D eigenvalue weighted by Crippen LogP contribution is -2.35. The number of amides is 2. The number of nitrogens with zero attached hydrogens (tertiary/aromatic N) is 3. The minimum absolute atomic E-state index is 0.0206. The maximum Gasteiger partial charge on any atom is 0.258 e. The zero-order valence-corrected chi connectivity index (χ0v) is 20.2. The Hall–Kier alpha value is -4.23. The van der Waals surface area contributed by atoms with Crippen molar-refractivity contribution in [3.63, 3.8) is 0 Å². The molecule has 0 bridgehead atoms. The topological polar surface area (TPSA) is 87.2 Å². The third-order valence-electron chi connectivity index (χ3n) is 6.54. The van der Waals surface area contributed by atoms with E-state index in [1.54, 1.807) is 18.3 Å². The van der Waals surface area contributed by atoms with E-state index in [1.807, 2.05) is 53.4 Å². The molecule has 4 aromatic rings. The van der Waals surface area contributed by atoms with E-state index in [2.05, 4.69) is 28.6 Å². The van der Waals surface area contributed by atoms with Gasteiger partial charge in [-0.25, -0.2) is 9.97 Å². The summed E-state index contributed by atoms with van der Waals surface area (Å²) in [5.41, 5.74) is 6.35. The minimum Gasteiger partial charge on any atom is -0.325 e. The van der Waals surface area contributed by atoms with E-state index in [0.29, 0.717) is 27.9 Å². The summed E-state index contributed by atoms with van der Waals surface area (Å²) in [6, 6.07) is 20.8. The number of carbonyl (C=O) groups excluding carboxylic acids is 2. The molecule has 2 amide bonds. The predicted octanol–water partition coefficient (Wildman–Crippen LogP) is 5.63. The summed E-state index contributed by atoms with van der Waals surface area (Å²) in [6.45, 7) is 2.07. The van der Waals surface area contributed by atoms with Gasteiger partial charge in [0.1, 0.15) is 0 Å². The molecule has 1 unspecified atom stereocenters. The van der Waals surface area contributed by atoms with Gasteiger partial charge >= 0.3 is 0 Å². The normalized spacial score (nSPS) is 15.9. The summed E-state index contributed by atoms with van der Waals surface area (Å²) in [5.74, 6) is 0.231. The zero-order chi connectivity index (χ0) is 24.8. The van der Waals surface area contributed by atoms with Crippen LogP contribution in [0, 0.1) is 0 Å². The van der Waals surface area contributed by atoms with E-state index in [0.717, 1.165) is 28.9 Å². The molecule has 8 heteroatoms. The highest BCUT2D eigenvalue weighted by Crippen LogP contribution is 2.35. The van der Waals surface area contributed by atoms with Crippen LogP contribution in [0.5, 0.6) is 0 Å². The van der Waals surface area contributed by atoms with Crippen molar-refractivity contribution in [3.8, 4) is 11.3 Å². The molecule has 0 spiro atoms. The molecule has 0 saturated heterocycles. The lowest BCUT2D eigenvalue weighted by atomic mass is 10.1. The molecular formula is C28H22ClN5O2. The number of para-hydroxylation sites is 1. The Morgan fingerprint density at radius 2 is 1.89 bits per heavy atom. The number of rotatable bonds is 3. The van der Waals surface area contributed by atoms with Gasteiger partial charge < -0.3 is 15.5 Å². The van der Waals surface area contributed by atoms with Crippen LogP contribution < -0.4 is 15.5 Å². The van der Waals surface area contributed by atoms with Crippen LogP contribution in [0.4, 0.5) is 23.0 Å². The van der Waals surface area contributed by atoms with E-state index in [-0.39, 0.29) is 24.3 Å². The number of benzene rings is 3. The Bertz CT molecular complexity index is 1520. The number of nitrogens with one attached hydrogen (secondary N) is 2. The highest BCUT2D eigenvalue weighted by Gasteiger charge is 2.31. The smallest absolute Gasteiger partial charge is 0.258 e. The zero-order valence-electron chi connectivity index (χ0n) is 19.5. The van der Waals surface area contributed by atoms with Crippen LogP contribution in [0.25, 0.3) is 11.3 Å². The SMILES string of the molecule is CC1Cc2ccccc2N1C(=O)c1ccc(Nc2ncc3c(n2)-c2ccc(Cl)cc2NC(=O)C3)cc1. The Balaban J connectivity index is 1.25. The summed E-state index contributed by atoms with van der Waals surface area (Å²) in [4.78, 5) is 36.6. The minimum atomic E-state index is -0.142. The molecule has 7 nitrogen and oxygen atoms in total. The Labute approximate surface area is 213 Å². The Morgan fingerprint density at radius 3 is 2.72 bits per heavy atom. The number of halogens is 1. The van der Waals surface area contributed by atoms with Crippen molar-refractivity contribution in [2.45, 2.75) is 25.8 Å². The monoisotopic (exact) mass is 495 g/mol. The van der Waals surface area contributed by atoms with Gasteiger partial charge in [0, 0.05) is 45.3 Å². The third-order valence-corrected chi connectivity index (χ3v) is 6.78. The van der Waals surface area contributed by atoms with E-state index in [4.69, 9.17) is 16.6 Å². The van der Waals surface area contributed by atoms with Gasteiger partial charge in [-0.05, 0) is 67.4 Å². The lowest BCUT2D eigenvalue weighted by Gasteiger charge is -2.23.